The number of carboxylic acid groups (broad SMARTS) is 1. The summed E-state index contributed by atoms with van der Waals surface area (Å²) in [5.41, 5.74) is -0.888. The molecule has 1 aliphatic carbocycles. The van der Waals surface area contributed by atoms with Crippen LogP contribution in [0.4, 0.5) is 4.79 Å². The van der Waals surface area contributed by atoms with E-state index in [0.29, 0.717) is 19.4 Å². The lowest BCUT2D eigenvalue weighted by Gasteiger charge is -2.38. The Hall–Kier alpha value is -1.62. The lowest BCUT2D eigenvalue weighted by Crippen LogP contribution is -2.42. The van der Waals surface area contributed by atoms with Gasteiger partial charge in [0.2, 0.25) is 0 Å². The van der Waals surface area contributed by atoms with Crippen LogP contribution in [0, 0.1) is 11.3 Å². The molecule has 0 aliphatic heterocycles. The molecule has 142 valence electrons. The number of amides is 1. The van der Waals surface area contributed by atoms with Gasteiger partial charge in [0.1, 0.15) is 6.29 Å². The van der Waals surface area contributed by atoms with E-state index < -0.39 is 17.6 Å². The van der Waals surface area contributed by atoms with E-state index in [-0.39, 0.29) is 5.92 Å². The summed E-state index contributed by atoms with van der Waals surface area (Å²) in [4.78, 5) is 22.5. The first-order chi connectivity index (χ1) is 12.1. The number of hydrogen-bond donors (Lipinski definition) is 3. The molecular formula is C20H33NO4. The van der Waals surface area contributed by atoms with Gasteiger partial charge in [-0.1, -0.05) is 69.8 Å². The molecule has 0 bridgehead atoms. The van der Waals surface area contributed by atoms with Gasteiger partial charge < -0.3 is 20.3 Å². The monoisotopic (exact) mass is 351 g/mol. The summed E-state index contributed by atoms with van der Waals surface area (Å²) in [6, 6.07) is 0. The van der Waals surface area contributed by atoms with Crippen molar-refractivity contribution in [2.24, 2.45) is 11.3 Å². The van der Waals surface area contributed by atoms with Crippen LogP contribution in [-0.4, -0.2) is 35.2 Å². The quantitative estimate of drug-likeness (QED) is 0.345. The second-order valence-electron chi connectivity index (χ2n) is 6.93. The lowest BCUT2D eigenvalue weighted by atomic mass is 9.67. The van der Waals surface area contributed by atoms with E-state index in [4.69, 9.17) is 5.11 Å². The van der Waals surface area contributed by atoms with E-state index in [1.165, 1.54) is 25.7 Å². The molecular weight excluding hydrogens is 318 g/mol. The van der Waals surface area contributed by atoms with Crippen molar-refractivity contribution < 1.29 is 19.8 Å². The van der Waals surface area contributed by atoms with Crippen molar-refractivity contribution in [3.05, 3.63) is 24.3 Å². The van der Waals surface area contributed by atoms with Gasteiger partial charge in [0.05, 0.1) is 11.5 Å². The van der Waals surface area contributed by atoms with E-state index in [0.717, 1.165) is 25.5 Å². The molecule has 25 heavy (non-hydrogen) atoms. The molecule has 0 aromatic carbocycles. The number of allylic oxidation sites excluding steroid dienone is 2. The van der Waals surface area contributed by atoms with Gasteiger partial charge >= 0.3 is 6.09 Å². The Morgan fingerprint density at radius 2 is 1.84 bits per heavy atom. The highest BCUT2D eigenvalue weighted by atomic mass is 16.4. The van der Waals surface area contributed by atoms with Crippen molar-refractivity contribution in [3.8, 4) is 0 Å². The zero-order valence-electron chi connectivity index (χ0n) is 15.3. The summed E-state index contributed by atoms with van der Waals surface area (Å²) in [6.45, 7) is 2.56. The van der Waals surface area contributed by atoms with Crippen LogP contribution < -0.4 is 5.32 Å². The molecule has 3 atom stereocenters. The summed E-state index contributed by atoms with van der Waals surface area (Å²) in [7, 11) is 0. The number of carbonyl (C=O) groups excluding carboxylic acids is 1. The number of aliphatic hydroxyl groups excluding tert-OH is 1. The fourth-order valence-corrected chi connectivity index (χ4v) is 3.60. The van der Waals surface area contributed by atoms with Crippen molar-refractivity contribution >= 4 is 12.4 Å². The van der Waals surface area contributed by atoms with Crippen molar-refractivity contribution in [2.45, 2.75) is 70.8 Å². The summed E-state index contributed by atoms with van der Waals surface area (Å²) < 4.78 is 0. The molecule has 5 nitrogen and oxygen atoms in total. The Bertz CT molecular complexity index is 461. The van der Waals surface area contributed by atoms with E-state index >= 15 is 0 Å². The standard InChI is InChI=1S/C20H33NO4/c1-2-3-4-5-6-7-11-17(12-10-15-21-19(24)25)20(16-22)14-9-8-13-18(20)23/h8-9,13-14,16-18,21,23H,2-7,10-12,15H2,1H3,(H,24,25). The van der Waals surface area contributed by atoms with E-state index in [2.05, 4.69) is 12.2 Å². The van der Waals surface area contributed by atoms with Crippen LogP contribution in [0.15, 0.2) is 24.3 Å². The topological polar surface area (TPSA) is 86.6 Å². The smallest absolute Gasteiger partial charge is 0.404 e. The molecule has 0 heterocycles. The minimum Gasteiger partial charge on any atom is -0.465 e. The van der Waals surface area contributed by atoms with Crippen LogP contribution in [0.1, 0.15) is 64.7 Å². The maximum absolute atomic E-state index is 11.9. The molecule has 0 spiro atoms. The largest absolute Gasteiger partial charge is 0.465 e. The van der Waals surface area contributed by atoms with E-state index in [1.54, 1.807) is 12.2 Å². The van der Waals surface area contributed by atoms with Gasteiger partial charge in [0, 0.05) is 6.54 Å². The summed E-state index contributed by atoms with van der Waals surface area (Å²) in [6.07, 6.45) is 15.4. The van der Waals surface area contributed by atoms with Crippen LogP contribution in [-0.2, 0) is 4.79 Å². The number of aliphatic hydroxyl groups is 1. The van der Waals surface area contributed by atoms with Crippen molar-refractivity contribution in [1.29, 1.82) is 0 Å². The van der Waals surface area contributed by atoms with E-state index in [1.807, 2.05) is 12.2 Å². The highest BCUT2D eigenvalue weighted by Gasteiger charge is 2.42. The van der Waals surface area contributed by atoms with Gasteiger partial charge in [-0.25, -0.2) is 4.79 Å². The van der Waals surface area contributed by atoms with Gasteiger partial charge in [0.15, 0.2) is 0 Å². The Balaban J connectivity index is 2.62. The van der Waals surface area contributed by atoms with Crippen molar-refractivity contribution in [3.63, 3.8) is 0 Å². The van der Waals surface area contributed by atoms with Gasteiger partial charge in [-0.2, -0.15) is 0 Å². The molecule has 1 rings (SSSR count). The predicted octanol–water partition coefficient (Wildman–Crippen LogP) is 4.07. The summed E-state index contributed by atoms with van der Waals surface area (Å²) >= 11 is 0. The first kappa shape index (κ1) is 21.4. The van der Waals surface area contributed by atoms with Crippen LogP contribution >= 0.6 is 0 Å². The molecule has 0 saturated heterocycles. The summed E-state index contributed by atoms with van der Waals surface area (Å²) in [5.74, 6) is 0.0166. The number of hydrogen-bond acceptors (Lipinski definition) is 3. The fourth-order valence-electron chi connectivity index (χ4n) is 3.60. The normalized spacial score (nSPS) is 23.4. The average molecular weight is 351 g/mol. The maximum Gasteiger partial charge on any atom is 0.404 e. The SMILES string of the molecule is CCCCCCCCC(CCCNC(=O)O)C1(C=O)C=CC=CC1O. The zero-order chi connectivity index (χ0) is 18.5. The minimum atomic E-state index is -1.03. The molecule has 0 radical (unpaired) electrons. The third-order valence-electron chi connectivity index (χ3n) is 5.12. The maximum atomic E-state index is 11.9. The van der Waals surface area contributed by atoms with Crippen LogP contribution in [0.3, 0.4) is 0 Å². The Morgan fingerprint density at radius 1 is 1.16 bits per heavy atom. The molecule has 3 unspecified atom stereocenters. The average Bonchev–Trinajstić information content (AvgIpc) is 2.60. The predicted molar refractivity (Wildman–Crippen MR) is 99.5 cm³/mol. The molecule has 0 aromatic heterocycles. The van der Waals surface area contributed by atoms with Crippen LogP contribution in [0.25, 0.3) is 0 Å². The number of rotatable bonds is 13. The van der Waals surface area contributed by atoms with Crippen molar-refractivity contribution in [1.82, 2.24) is 5.32 Å². The molecule has 5 heteroatoms. The first-order valence-electron chi connectivity index (χ1n) is 9.54. The molecule has 1 amide bonds. The first-order valence-corrected chi connectivity index (χ1v) is 9.54. The molecule has 0 saturated carbocycles. The van der Waals surface area contributed by atoms with Gasteiger partial charge in [-0.05, 0) is 25.2 Å². The van der Waals surface area contributed by atoms with Crippen LogP contribution in [0.2, 0.25) is 0 Å². The molecule has 0 fully saturated rings. The highest BCUT2D eigenvalue weighted by molar-refractivity contribution is 5.66. The Labute approximate surface area is 151 Å². The number of nitrogens with one attached hydrogen (secondary N) is 1. The third-order valence-corrected chi connectivity index (χ3v) is 5.12. The fraction of sp³-hybridized carbons (Fsp3) is 0.700. The Morgan fingerprint density at radius 3 is 2.48 bits per heavy atom. The second-order valence-corrected chi connectivity index (χ2v) is 6.93. The number of aldehydes is 1. The number of carbonyl (C=O) groups is 2. The number of unbranched alkanes of at least 4 members (excludes halogenated alkanes) is 5. The van der Waals surface area contributed by atoms with E-state index in [9.17, 15) is 14.7 Å². The van der Waals surface area contributed by atoms with Gasteiger partial charge in [-0.3, -0.25) is 0 Å². The van der Waals surface area contributed by atoms with Gasteiger partial charge in [-0.15, -0.1) is 0 Å². The highest BCUT2D eigenvalue weighted by Crippen LogP contribution is 2.40. The second kappa shape index (κ2) is 11.9. The van der Waals surface area contributed by atoms with Crippen LogP contribution in [0.5, 0.6) is 0 Å². The lowest BCUT2D eigenvalue weighted by molar-refractivity contribution is -0.121. The molecule has 1 aliphatic rings. The minimum absolute atomic E-state index is 0.0166. The molecule has 0 aromatic rings. The molecule has 3 N–H and O–H groups in total. The third kappa shape index (κ3) is 7.02. The van der Waals surface area contributed by atoms with Crippen molar-refractivity contribution in [2.75, 3.05) is 6.54 Å². The van der Waals surface area contributed by atoms with Gasteiger partial charge in [0.25, 0.3) is 0 Å². The summed E-state index contributed by atoms with van der Waals surface area (Å²) in [5, 5.41) is 21.5. The zero-order valence-corrected chi connectivity index (χ0v) is 15.3. The Kier molecular flexibility index (Phi) is 10.2.